The second kappa shape index (κ2) is 10.5. The zero-order valence-electron chi connectivity index (χ0n) is 18.2. The number of anilines is 1. The molecule has 2 aromatic heterocycles. The van der Waals surface area contributed by atoms with Gasteiger partial charge in [-0.25, -0.2) is 9.78 Å². The van der Waals surface area contributed by atoms with Gasteiger partial charge in [0.05, 0.1) is 16.4 Å². The highest BCUT2D eigenvalue weighted by Crippen LogP contribution is 2.30. The summed E-state index contributed by atoms with van der Waals surface area (Å²) in [4.78, 5) is 19.2. The normalized spacial score (nSPS) is 16.3. The van der Waals surface area contributed by atoms with Crippen LogP contribution in [0.25, 0.3) is 16.9 Å². The number of likely N-dealkylation sites (tertiary alicyclic amines) is 1. The van der Waals surface area contributed by atoms with Gasteiger partial charge in [-0.05, 0) is 47.2 Å². The molecule has 1 atom stereocenters. The molecule has 170 valence electrons. The number of hydrogen-bond acceptors (Lipinski definition) is 4. The fourth-order valence-corrected chi connectivity index (χ4v) is 4.60. The highest BCUT2D eigenvalue weighted by atomic mass is 79.9. The maximum atomic E-state index is 12.5. The van der Waals surface area contributed by atoms with Crippen molar-refractivity contribution in [1.29, 1.82) is 0 Å². The van der Waals surface area contributed by atoms with Gasteiger partial charge in [0.1, 0.15) is 5.82 Å². The van der Waals surface area contributed by atoms with Crippen LogP contribution >= 0.6 is 27.5 Å². The van der Waals surface area contributed by atoms with Crippen LogP contribution in [0.3, 0.4) is 0 Å². The van der Waals surface area contributed by atoms with Gasteiger partial charge >= 0.3 is 6.03 Å². The number of benzene rings is 1. The lowest BCUT2D eigenvalue weighted by atomic mass is 9.98. The van der Waals surface area contributed by atoms with Crippen LogP contribution in [0, 0.1) is 5.92 Å². The van der Waals surface area contributed by atoms with Crippen molar-refractivity contribution in [2.24, 2.45) is 5.92 Å². The molecule has 1 aromatic carbocycles. The summed E-state index contributed by atoms with van der Waals surface area (Å²) in [7, 11) is 0. The maximum Gasteiger partial charge on any atom is 0.317 e. The van der Waals surface area contributed by atoms with Gasteiger partial charge in [0.2, 0.25) is 0 Å². The Morgan fingerprint density at radius 2 is 2.19 bits per heavy atom. The van der Waals surface area contributed by atoms with Crippen molar-refractivity contribution in [1.82, 2.24) is 24.8 Å². The third-order valence-corrected chi connectivity index (χ3v) is 6.65. The molecule has 0 bridgehead atoms. The van der Waals surface area contributed by atoms with E-state index in [9.17, 15) is 4.79 Å². The van der Waals surface area contributed by atoms with Crippen LogP contribution in [0.4, 0.5) is 10.6 Å². The lowest BCUT2D eigenvalue weighted by Crippen LogP contribution is -2.46. The van der Waals surface area contributed by atoms with E-state index in [1.54, 1.807) is 10.7 Å². The molecule has 0 radical (unpaired) electrons. The number of amides is 2. The molecule has 2 N–H and O–H groups in total. The molecule has 0 saturated carbocycles. The van der Waals surface area contributed by atoms with Gasteiger partial charge in [0.25, 0.3) is 0 Å². The molecule has 4 rings (SSSR count). The van der Waals surface area contributed by atoms with Crippen LogP contribution in [-0.2, 0) is 0 Å². The number of piperidine rings is 1. The quantitative estimate of drug-likeness (QED) is 0.407. The fourth-order valence-electron chi connectivity index (χ4n) is 4.02. The van der Waals surface area contributed by atoms with E-state index in [4.69, 9.17) is 16.6 Å². The van der Waals surface area contributed by atoms with Crippen molar-refractivity contribution in [2.45, 2.75) is 32.6 Å². The molecule has 1 unspecified atom stereocenters. The number of urea groups is 1. The molecule has 0 aliphatic carbocycles. The Kier molecular flexibility index (Phi) is 7.52. The first-order chi connectivity index (χ1) is 15.6. The number of carbonyl (C=O) groups excluding carboxylic acids is 1. The Bertz CT molecular complexity index is 1090. The number of halogens is 2. The zero-order chi connectivity index (χ0) is 22.5. The average molecular weight is 520 g/mol. The van der Waals surface area contributed by atoms with Crippen molar-refractivity contribution in [3.05, 3.63) is 46.0 Å². The topological polar surface area (TPSA) is 74.6 Å². The third-order valence-electron chi connectivity index (χ3n) is 5.76. The first kappa shape index (κ1) is 22.9. The molecule has 32 heavy (non-hydrogen) atoms. The smallest absolute Gasteiger partial charge is 0.317 e. The van der Waals surface area contributed by atoms with E-state index < -0.39 is 0 Å². The van der Waals surface area contributed by atoms with E-state index in [1.165, 1.54) is 0 Å². The number of nitrogens with zero attached hydrogens (tertiary/aromatic N) is 4. The Morgan fingerprint density at radius 3 is 3.00 bits per heavy atom. The molecule has 3 heterocycles. The van der Waals surface area contributed by atoms with E-state index in [0.717, 1.165) is 79.1 Å². The fraction of sp³-hybridized carbons (Fsp3) is 0.435. The first-order valence-corrected chi connectivity index (χ1v) is 12.3. The maximum absolute atomic E-state index is 12.5. The minimum Gasteiger partial charge on any atom is -0.370 e. The van der Waals surface area contributed by atoms with Crippen molar-refractivity contribution < 1.29 is 4.79 Å². The Morgan fingerprint density at radius 1 is 1.34 bits per heavy atom. The van der Waals surface area contributed by atoms with E-state index in [0.29, 0.717) is 10.9 Å². The van der Waals surface area contributed by atoms with Gasteiger partial charge in [-0.1, -0.05) is 43.1 Å². The van der Waals surface area contributed by atoms with Crippen molar-refractivity contribution in [3.8, 4) is 11.3 Å². The van der Waals surface area contributed by atoms with Gasteiger partial charge in [-0.2, -0.15) is 9.61 Å². The lowest BCUT2D eigenvalue weighted by molar-refractivity contribution is 0.168. The summed E-state index contributed by atoms with van der Waals surface area (Å²) in [5, 5.41) is 11.7. The molecule has 2 amide bonds. The molecule has 0 spiro atoms. The molecular weight excluding hydrogens is 492 g/mol. The average Bonchev–Trinajstić information content (AvgIpc) is 3.19. The van der Waals surface area contributed by atoms with Crippen LogP contribution in [0.15, 0.2) is 41.0 Å². The van der Waals surface area contributed by atoms with Crippen LogP contribution in [0.2, 0.25) is 5.02 Å². The Hall–Kier alpha value is -2.32. The summed E-state index contributed by atoms with van der Waals surface area (Å²) >= 11 is 9.97. The molecule has 1 aliphatic heterocycles. The van der Waals surface area contributed by atoms with E-state index in [1.807, 2.05) is 35.2 Å². The number of unbranched alkanes of at least 4 members (excludes halogenated alkanes) is 1. The molecule has 1 fully saturated rings. The van der Waals surface area contributed by atoms with E-state index in [-0.39, 0.29) is 6.03 Å². The summed E-state index contributed by atoms with van der Waals surface area (Å²) in [5.74, 6) is 1.21. The number of hydrogen-bond donors (Lipinski definition) is 2. The van der Waals surface area contributed by atoms with Gasteiger partial charge in [0, 0.05) is 42.8 Å². The Balaban J connectivity index is 1.49. The molecule has 7 nitrogen and oxygen atoms in total. The number of carbonyl (C=O) groups is 1. The molecule has 1 aliphatic rings. The van der Waals surface area contributed by atoms with Gasteiger partial charge in [0.15, 0.2) is 5.65 Å². The van der Waals surface area contributed by atoms with Crippen LogP contribution < -0.4 is 10.6 Å². The summed E-state index contributed by atoms with van der Waals surface area (Å²) in [6, 6.07) is 9.71. The predicted octanol–water partition coefficient (Wildman–Crippen LogP) is 5.45. The van der Waals surface area contributed by atoms with Crippen LogP contribution in [0.1, 0.15) is 32.6 Å². The summed E-state index contributed by atoms with van der Waals surface area (Å²) < 4.78 is 2.62. The first-order valence-electron chi connectivity index (χ1n) is 11.1. The highest BCUT2D eigenvalue weighted by molar-refractivity contribution is 9.10. The monoisotopic (exact) mass is 518 g/mol. The SMILES string of the molecule is CCCCNC(=O)N1CCCC(CNc2cc(-c3ccccc3Cl)nc3c(Br)cnn23)C1. The van der Waals surface area contributed by atoms with E-state index in [2.05, 4.69) is 38.6 Å². The second-order valence-corrected chi connectivity index (χ2v) is 9.42. The standard InChI is InChI=1S/C23H28BrClN6O/c1-2-3-10-26-23(32)30-11-6-7-16(15-30)13-27-21-12-20(17-8-4-5-9-19(17)25)29-22-18(24)14-28-31(21)22/h4-5,8-9,12,14,16,27H,2-3,6-7,10-11,13,15H2,1H3,(H,26,32). The zero-order valence-corrected chi connectivity index (χ0v) is 20.5. The van der Waals surface area contributed by atoms with Gasteiger partial charge in [-0.15, -0.1) is 0 Å². The largest absolute Gasteiger partial charge is 0.370 e. The predicted molar refractivity (Wildman–Crippen MR) is 132 cm³/mol. The van der Waals surface area contributed by atoms with Crippen molar-refractivity contribution in [2.75, 3.05) is 31.5 Å². The molecule has 9 heteroatoms. The van der Waals surface area contributed by atoms with Gasteiger partial charge < -0.3 is 15.5 Å². The molecular formula is C23H28BrClN6O. The van der Waals surface area contributed by atoms with Crippen molar-refractivity contribution in [3.63, 3.8) is 0 Å². The minimum absolute atomic E-state index is 0.0477. The van der Waals surface area contributed by atoms with Gasteiger partial charge in [-0.3, -0.25) is 0 Å². The molecule has 1 saturated heterocycles. The number of rotatable bonds is 7. The molecule has 3 aromatic rings. The van der Waals surface area contributed by atoms with E-state index >= 15 is 0 Å². The minimum atomic E-state index is 0.0477. The summed E-state index contributed by atoms with van der Waals surface area (Å²) in [5.41, 5.74) is 2.39. The summed E-state index contributed by atoms with van der Waals surface area (Å²) in [6.45, 7) is 5.18. The third kappa shape index (κ3) is 5.18. The lowest BCUT2D eigenvalue weighted by Gasteiger charge is -2.33. The number of fused-ring (bicyclic) bond motifs is 1. The number of nitrogens with one attached hydrogen (secondary N) is 2. The van der Waals surface area contributed by atoms with Crippen molar-refractivity contribution >= 4 is 45.0 Å². The number of aromatic nitrogens is 3. The Labute approximate surface area is 201 Å². The van der Waals surface area contributed by atoms with Crippen LogP contribution in [-0.4, -0.2) is 51.7 Å². The highest BCUT2D eigenvalue weighted by Gasteiger charge is 2.24. The van der Waals surface area contributed by atoms with Crippen LogP contribution in [0.5, 0.6) is 0 Å². The summed E-state index contributed by atoms with van der Waals surface area (Å²) in [6.07, 6.45) is 5.92. The second-order valence-electron chi connectivity index (χ2n) is 8.16.